The molecule has 8 aromatic carbocycles. The summed E-state index contributed by atoms with van der Waals surface area (Å²) in [5.74, 6) is 1.60. The lowest BCUT2D eigenvalue weighted by molar-refractivity contribution is 0.592. The van der Waals surface area contributed by atoms with Gasteiger partial charge in [-0.3, -0.25) is 0 Å². The van der Waals surface area contributed by atoms with Crippen LogP contribution in [0, 0.1) is 0 Å². The van der Waals surface area contributed by atoms with Gasteiger partial charge >= 0.3 is 0 Å². The molecule has 2 aliphatic carbocycles. The molecular formula is C58H43NO. The molecule has 11 rings (SSSR count). The van der Waals surface area contributed by atoms with Crippen LogP contribution < -0.4 is 4.90 Å². The zero-order valence-corrected chi connectivity index (χ0v) is 33.3. The van der Waals surface area contributed by atoms with E-state index >= 15 is 0 Å². The Bertz CT molecular complexity index is 3090. The number of nitrogens with zero attached hydrogens (tertiary/aromatic N) is 1. The summed E-state index contributed by atoms with van der Waals surface area (Å²) in [4.78, 5) is 2.39. The highest BCUT2D eigenvalue weighted by Gasteiger charge is 2.23. The first-order chi connectivity index (χ1) is 29.7. The Morgan fingerprint density at radius 2 is 1.15 bits per heavy atom. The summed E-state index contributed by atoms with van der Waals surface area (Å²) in [6, 6.07) is 68.6. The lowest BCUT2D eigenvalue weighted by Crippen LogP contribution is -2.11. The highest BCUT2D eigenvalue weighted by Crippen LogP contribution is 2.42. The van der Waals surface area contributed by atoms with E-state index in [2.05, 4.69) is 229 Å². The molecule has 0 aliphatic heterocycles. The maximum atomic E-state index is 6.39. The first-order valence-electron chi connectivity index (χ1n) is 21.0. The molecule has 0 saturated heterocycles. The van der Waals surface area contributed by atoms with Crippen LogP contribution in [0.5, 0.6) is 0 Å². The van der Waals surface area contributed by atoms with Gasteiger partial charge in [0, 0.05) is 39.8 Å². The summed E-state index contributed by atoms with van der Waals surface area (Å²) < 4.78 is 6.39. The molecule has 2 unspecified atom stereocenters. The zero-order valence-electron chi connectivity index (χ0n) is 33.3. The van der Waals surface area contributed by atoms with E-state index in [0.717, 1.165) is 41.2 Å². The number of anilines is 3. The molecule has 9 aromatic rings. The number of rotatable bonds is 8. The molecule has 0 amide bonds. The molecule has 2 aliphatic rings. The van der Waals surface area contributed by atoms with Crippen molar-refractivity contribution in [1.29, 1.82) is 0 Å². The molecule has 2 heteroatoms. The van der Waals surface area contributed by atoms with Gasteiger partial charge in [-0.15, -0.1) is 0 Å². The van der Waals surface area contributed by atoms with E-state index in [1.54, 1.807) is 0 Å². The normalized spacial score (nSPS) is 15.7. The van der Waals surface area contributed by atoms with E-state index in [4.69, 9.17) is 4.42 Å². The van der Waals surface area contributed by atoms with Crippen LogP contribution in [0.2, 0.25) is 0 Å². The van der Waals surface area contributed by atoms with Gasteiger partial charge in [0.15, 0.2) is 0 Å². The summed E-state index contributed by atoms with van der Waals surface area (Å²) in [6.07, 6.45) is 15.3. The molecule has 0 saturated carbocycles. The smallest absolute Gasteiger partial charge is 0.135 e. The highest BCUT2D eigenvalue weighted by molar-refractivity contribution is 5.99. The van der Waals surface area contributed by atoms with Crippen LogP contribution >= 0.6 is 0 Å². The predicted octanol–water partition coefficient (Wildman–Crippen LogP) is 16.0. The topological polar surface area (TPSA) is 16.4 Å². The molecule has 0 radical (unpaired) electrons. The average Bonchev–Trinajstić information content (AvgIpc) is 3.70. The molecule has 0 fully saturated rings. The van der Waals surface area contributed by atoms with Gasteiger partial charge in [0.2, 0.25) is 0 Å². The van der Waals surface area contributed by atoms with Crippen LogP contribution in [-0.4, -0.2) is 0 Å². The van der Waals surface area contributed by atoms with Gasteiger partial charge in [0.05, 0.1) is 0 Å². The van der Waals surface area contributed by atoms with Crippen LogP contribution in [0.15, 0.2) is 223 Å². The van der Waals surface area contributed by atoms with E-state index in [1.807, 2.05) is 0 Å². The maximum Gasteiger partial charge on any atom is 0.135 e. The van der Waals surface area contributed by atoms with Crippen LogP contribution in [0.1, 0.15) is 40.7 Å². The van der Waals surface area contributed by atoms with Crippen molar-refractivity contribution < 1.29 is 4.42 Å². The average molecular weight is 770 g/mol. The van der Waals surface area contributed by atoms with Crippen LogP contribution in [-0.2, 0) is 6.42 Å². The van der Waals surface area contributed by atoms with Gasteiger partial charge in [0.1, 0.15) is 11.3 Å². The minimum absolute atomic E-state index is 0.260. The minimum atomic E-state index is 0.260. The van der Waals surface area contributed by atoms with Crippen molar-refractivity contribution >= 4 is 44.9 Å². The van der Waals surface area contributed by atoms with Gasteiger partial charge in [-0.2, -0.15) is 0 Å². The monoisotopic (exact) mass is 769 g/mol. The van der Waals surface area contributed by atoms with Gasteiger partial charge < -0.3 is 9.32 Å². The highest BCUT2D eigenvalue weighted by atomic mass is 16.3. The van der Waals surface area contributed by atoms with Crippen LogP contribution in [0.4, 0.5) is 17.1 Å². The van der Waals surface area contributed by atoms with Gasteiger partial charge in [-0.25, -0.2) is 0 Å². The lowest BCUT2D eigenvalue weighted by Gasteiger charge is -2.27. The Hall–Kier alpha value is -7.42. The predicted molar refractivity (Wildman–Crippen MR) is 252 cm³/mol. The zero-order chi connectivity index (χ0) is 39.8. The third-order valence-corrected chi connectivity index (χ3v) is 12.4. The Balaban J connectivity index is 0.894. The number of hydrogen-bond donors (Lipinski definition) is 0. The van der Waals surface area contributed by atoms with Gasteiger partial charge in [-0.05, 0) is 123 Å². The molecule has 1 aromatic heterocycles. The third kappa shape index (κ3) is 6.76. The Labute approximate surface area is 351 Å². The van der Waals surface area contributed by atoms with E-state index in [-0.39, 0.29) is 5.92 Å². The third-order valence-electron chi connectivity index (χ3n) is 12.4. The van der Waals surface area contributed by atoms with Crippen molar-refractivity contribution in [2.75, 3.05) is 4.90 Å². The quantitative estimate of drug-likeness (QED) is 0.153. The first-order valence-corrected chi connectivity index (χ1v) is 21.0. The number of furan rings is 1. The second kappa shape index (κ2) is 15.4. The molecule has 286 valence electrons. The molecule has 60 heavy (non-hydrogen) atoms. The van der Waals surface area contributed by atoms with Gasteiger partial charge in [0.25, 0.3) is 0 Å². The van der Waals surface area contributed by atoms with Crippen molar-refractivity contribution in [2.24, 2.45) is 0 Å². The van der Waals surface area contributed by atoms with Crippen LogP contribution in [0.25, 0.3) is 61.2 Å². The molecule has 2 nitrogen and oxygen atoms in total. The maximum absolute atomic E-state index is 6.39. The summed E-state index contributed by atoms with van der Waals surface area (Å²) in [5, 5.41) is 3.73. The fourth-order valence-corrected chi connectivity index (χ4v) is 9.23. The van der Waals surface area contributed by atoms with Crippen molar-refractivity contribution in [2.45, 2.75) is 24.7 Å². The molecular weight excluding hydrogens is 727 g/mol. The largest absolute Gasteiger partial charge is 0.456 e. The van der Waals surface area contributed by atoms with E-state index in [1.165, 1.54) is 66.2 Å². The molecule has 1 heterocycles. The lowest BCUT2D eigenvalue weighted by atomic mass is 9.86. The van der Waals surface area contributed by atoms with Crippen molar-refractivity contribution in [3.8, 4) is 33.4 Å². The minimum Gasteiger partial charge on any atom is -0.456 e. The second-order valence-corrected chi connectivity index (χ2v) is 16.0. The summed E-state index contributed by atoms with van der Waals surface area (Å²) in [5.41, 5.74) is 15.5. The Kier molecular flexibility index (Phi) is 9.17. The Morgan fingerprint density at radius 3 is 2.00 bits per heavy atom. The summed E-state index contributed by atoms with van der Waals surface area (Å²) >= 11 is 0. The second-order valence-electron chi connectivity index (χ2n) is 16.0. The number of allylic oxidation sites excluding steroid dienone is 5. The number of benzene rings is 8. The van der Waals surface area contributed by atoms with Crippen molar-refractivity contribution in [3.63, 3.8) is 0 Å². The van der Waals surface area contributed by atoms with E-state index in [0.29, 0.717) is 5.92 Å². The number of hydrogen-bond acceptors (Lipinski definition) is 2. The van der Waals surface area contributed by atoms with Gasteiger partial charge in [-0.1, -0.05) is 170 Å². The summed E-state index contributed by atoms with van der Waals surface area (Å²) in [6.45, 7) is 0. The SMILES string of the molecule is C1=CCC(c2cccc(N(c3ccc(-c4ccccc4)cc3)c3cccc(-c4ccc(C5C=Cc6oc7ccc(-c8cccc9ccccc89)cc7c6C5)cc4)c3)c2)C=C1. The van der Waals surface area contributed by atoms with E-state index < -0.39 is 0 Å². The Morgan fingerprint density at radius 1 is 0.450 bits per heavy atom. The fourth-order valence-electron chi connectivity index (χ4n) is 9.23. The molecule has 0 spiro atoms. The van der Waals surface area contributed by atoms with Crippen molar-refractivity contribution in [1.82, 2.24) is 0 Å². The fraction of sp³-hybridized carbons (Fsp3) is 0.0690. The van der Waals surface area contributed by atoms with E-state index in [9.17, 15) is 0 Å². The molecule has 2 atom stereocenters. The van der Waals surface area contributed by atoms with Crippen LogP contribution in [0.3, 0.4) is 0 Å². The summed E-state index contributed by atoms with van der Waals surface area (Å²) in [7, 11) is 0. The molecule has 0 N–H and O–H groups in total. The first kappa shape index (κ1) is 35.7. The standard InChI is InChI=1S/C58H43NO/c1-3-12-40(13-4-1)42-28-32-50(33-29-42)59(51-20-9-18-46(36-51)41-14-5-2-6-15-41)52-21-10-19-47(37-52)43-24-26-44(27-25-43)48-30-34-57-55(38-48)56-39-49(31-35-58(56)60-57)54-23-11-17-45-16-7-8-22-53(45)54/h1-14,16-37,39,41,48H,15,38H2. The number of fused-ring (bicyclic) bond motifs is 4. The van der Waals surface area contributed by atoms with Crippen molar-refractivity contribution in [3.05, 3.63) is 241 Å². The molecule has 0 bridgehead atoms.